The van der Waals surface area contributed by atoms with Crippen LogP contribution in [0.5, 0.6) is 0 Å². The van der Waals surface area contributed by atoms with Crippen LogP contribution in [0.3, 0.4) is 0 Å². The topological polar surface area (TPSA) is 59.0 Å². The highest BCUT2D eigenvalue weighted by molar-refractivity contribution is 7.47. The smallest absolute Gasteiger partial charge is 0.303 e. The van der Waals surface area contributed by atoms with Gasteiger partial charge in [-0.25, -0.2) is 4.57 Å². The molecule has 1 N–H and O–H groups in total. The Morgan fingerprint density at radius 3 is 0.889 bits per heavy atom. The minimum Gasteiger partial charge on any atom is -0.303 e. The van der Waals surface area contributed by atoms with Crippen molar-refractivity contribution in [2.75, 3.05) is 32.8 Å². The summed E-state index contributed by atoms with van der Waals surface area (Å²) in [6.45, 7) is 11.0. The molecule has 5 nitrogen and oxygen atoms in total. The molecule has 0 aromatic heterocycles. The largest absolute Gasteiger partial charge is 0.472 e. The molecule has 0 spiro atoms. The van der Waals surface area contributed by atoms with Crippen molar-refractivity contribution < 1.29 is 18.5 Å². The fourth-order valence-corrected chi connectivity index (χ4v) is 7.02. The summed E-state index contributed by atoms with van der Waals surface area (Å²) in [7, 11) is -3.91. The zero-order valence-electron chi connectivity index (χ0n) is 31.0. The van der Waals surface area contributed by atoms with E-state index < -0.39 is 7.82 Å². The van der Waals surface area contributed by atoms with Gasteiger partial charge in [0.05, 0.1) is 13.2 Å². The third-order valence-corrected chi connectivity index (χ3v) is 10.3. The van der Waals surface area contributed by atoms with Crippen molar-refractivity contribution in [3.8, 4) is 0 Å². The summed E-state index contributed by atoms with van der Waals surface area (Å²) < 4.78 is 22.7. The summed E-state index contributed by atoms with van der Waals surface area (Å²) in [5.74, 6) is 0. The Labute approximate surface area is 283 Å². The minimum atomic E-state index is -3.91. The van der Waals surface area contributed by atoms with Crippen LogP contribution in [-0.4, -0.2) is 42.6 Å². The second-order valence-corrected chi connectivity index (χ2v) is 15.3. The summed E-state index contributed by atoms with van der Waals surface area (Å²) in [6.07, 6.45) is 40.2. The van der Waals surface area contributed by atoms with Gasteiger partial charge in [0.15, 0.2) is 0 Å². The lowest BCUT2D eigenvalue weighted by Crippen LogP contribution is -2.27. The van der Waals surface area contributed by atoms with E-state index in [-0.39, 0.29) is 0 Å². The Kier molecular flexibility index (Phi) is 37.0. The Balaban J connectivity index is 4.00. The van der Waals surface area contributed by atoms with Gasteiger partial charge in [-0.3, -0.25) is 9.05 Å². The van der Waals surface area contributed by atoms with E-state index in [1.165, 1.54) is 180 Å². The van der Waals surface area contributed by atoms with Crippen LogP contribution in [0.15, 0.2) is 0 Å². The summed E-state index contributed by atoms with van der Waals surface area (Å²) in [5, 5.41) is 0. The van der Waals surface area contributed by atoms with Crippen molar-refractivity contribution in [2.45, 2.75) is 220 Å². The Morgan fingerprint density at radius 1 is 0.378 bits per heavy atom. The Hall–Kier alpha value is 0.0700. The van der Waals surface area contributed by atoms with E-state index >= 15 is 0 Å². The second kappa shape index (κ2) is 36.9. The summed E-state index contributed by atoms with van der Waals surface area (Å²) in [6, 6.07) is 0. The molecule has 0 saturated carbocycles. The first-order valence-electron chi connectivity index (χ1n) is 20.4. The molecule has 0 radical (unpaired) electrons. The average Bonchev–Trinajstić information content (AvgIpc) is 3.03. The van der Waals surface area contributed by atoms with E-state index in [1.54, 1.807) is 0 Å². The van der Waals surface area contributed by atoms with Crippen molar-refractivity contribution in [1.29, 1.82) is 0 Å². The maximum absolute atomic E-state index is 12.2. The van der Waals surface area contributed by atoms with Crippen molar-refractivity contribution >= 4 is 7.82 Å². The molecule has 272 valence electrons. The quantitative estimate of drug-likeness (QED) is 0.0525. The number of nitrogens with zero attached hydrogens (tertiary/aromatic N) is 1. The molecule has 0 aromatic rings. The highest BCUT2D eigenvalue weighted by atomic mass is 31.2. The molecule has 0 bridgehead atoms. The van der Waals surface area contributed by atoms with Gasteiger partial charge in [-0.05, 0) is 58.2 Å². The lowest BCUT2D eigenvalue weighted by molar-refractivity contribution is 0.144. The second-order valence-electron chi connectivity index (χ2n) is 13.9. The molecule has 0 aliphatic carbocycles. The van der Waals surface area contributed by atoms with E-state index in [2.05, 4.69) is 25.7 Å². The number of hydrogen-bond donors (Lipinski definition) is 1. The summed E-state index contributed by atoms with van der Waals surface area (Å²) in [5.41, 5.74) is 0. The summed E-state index contributed by atoms with van der Waals surface area (Å²) in [4.78, 5) is 12.7. The van der Waals surface area contributed by atoms with E-state index in [4.69, 9.17) is 9.05 Å². The van der Waals surface area contributed by atoms with Gasteiger partial charge in [-0.2, -0.15) is 0 Å². The van der Waals surface area contributed by atoms with Gasteiger partial charge in [-0.1, -0.05) is 181 Å². The lowest BCUT2D eigenvalue weighted by atomic mass is 10.1. The van der Waals surface area contributed by atoms with Gasteiger partial charge in [0.1, 0.15) is 0 Å². The molecule has 0 saturated heterocycles. The molecule has 6 heteroatoms. The number of phosphoric ester groups is 1. The van der Waals surface area contributed by atoms with Crippen LogP contribution in [-0.2, 0) is 13.6 Å². The molecule has 0 aromatic carbocycles. The molecule has 0 aliphatic rings. The molecule has 1 unspecified atom stereocenters. The predicted octanol–water partition coefficient (Wildman–Crippen LogP) is 13.6. The van der Waals surface area contributed by atoms with Crippen LogP contribution in [0, 0.1) is 0 Å². The lowest BCUT2D eigenvalue weighted by Gasteiger charge is -2.22. The molecular weight excluding hydrogens is 577 g/mol. The monoisotopic (exact) mass is 660 g/mol. The molecule has 0 rings (SSSR count). The fourth-order valence-electron chi connectivity index (χ4n) is 6.23. The first-order chi connectivity index (χ1) is 22.1. The van der Waals surface area contributed by atoms with Gasteiger partial charge in [0.2, 0.25) is 0 Å². The zero-order chi connectivity index (χ0) is 32.9. The normalized spacial score (nSPS) is 13.2. The van der Waals surface area contributed by atoms with Gasteiger partial charge in [-0.15, -0.1) is 0 Å². The highest BCUT2D eigenvalue weighted by Gasteiger charge is 2.20. The molecule has 1 atom stereocenters. The number of unbranched alkanes of at least 4 members (excludes halogenated alkanes) is 27. The van der Waals surface area contributed by atoms with Gasteiger partial charge >= 0.3 is 7.82 Å². The van der Waals surface area contributed by atoms with Crippen LogP contribution in [0.1, 0.15) is 220 Å². The van der Waals surface area contributed by atoms with Gasteiger partial charge in [0.25, 0.3) is 0 Å². The first-order valence-corrected chi connectivity index (χ1v) is 21.9. The van der Waals surface area contributed by atoms with Crippen LogP contribution in [0.2, 0.25) is 0 Å². The van der Waals surface area contributed by atoms with Crippen LogP contribution < -0.4 is 0 Å². The molecule has 0 amide bonds. The van der Waals surface area contributed by atoms with E-state index in [9.17, 15) is 9.46 Å². The van der Waals surface area contributed by atoms with Crippen molar-refractivity contribution in [3.63, 3.8) is 0 Å². The third-order valence-electron chi connectivity index (χ3n) is 9.28. The van der Waals surface area contributed by atoms with E-state index in [0.29, 0.717) is 13.2 Å². The van der Waals surface area contributed by atoms with Crippen molar-refractivity contribution in [1.82, 2.24) is 4.90 Å². The van der Waals surface area contributed by atoms with E-state index in [0.717, 1.165) is 38.6 Å². The van der Waals surface area contributed by atoms with E-state index in [1.807, 2.05) is 0 Å². The SMILES string of the molecule is CCCCCCCCCCCCOP(=O)(O)OCCCCCN(CCCCCCCCCCC)CCCCCCCCCCC. The van der Waals surface area contributed by atoms with Crippen LogP contribution >= 0.6 is 7.82 Å². The molecule has 0 fully saturated rings. The molecule has 45 heavy (non-hydrogen) atoms. The zero-order valence-corrected chi connectivity index (χ0v) is 31.9. The first kappa shape index (κ1) is 45.1. The standard InChI is InChI=1S/C39H82NO4P/c1-4-7-10-13-16-19-22-25-28-33-38-43-45(41,42)44-39-34-29-32-37-40(35-30-26-23-20-17-14-11-8-5-2)36-31-27-24-21-18-15-12-9-6-3/h4-39H2,1-3H3,(H,41,42). The molecule has 0 aliphatic heterocycles. The van der Waals surface area contributed by atoms with Crippen molar-refractivity contribution in [3.05, 3.63) is 0 Å². The van der Waals surface area contributed by atoms with Crippen LogP contribution in [0.4, 0.5) is 0 Å². The number of hydrogen-bond acceptors (Lipinski definition) is 4. The molecule has 0 heterocycles. The van der Waals surface area contributed by atoms with Crippen LogP contribution in [0.25, 0.3) is 0 Å². The molecular formula is C39H82NO4P. The maximum atomic E-state index is 12.2. The maximum Gasteiger partial charge on any atom is 0.472 e. The summed E-state index contributed by atoms with van der Waals surface area (Å²) >= 11 is 0. The minimum absolute atomic E-state index is 0.308. The number of rotatable bonds is 39. The van der Waals surface area contributed by atoms with Crippen molar-refractivity contribution in [2.24, 2.45) is 0 Å². The predicted molar refractivity (Wildman–Crippen MR) is 198 cm³/mol. The highest BCUT2D eigenvalue weighted by Crippen LogP contribution is 2.43. The fraction of sp³-hybridized carbons (Fsp3) is 1.00. The average molecular weight is 660 g/mol. The third kappa shape index (κ3) is 36.7. The van der Waals surface area contributed by atoms with Gasteiger partial charge < -0.3 is 9.79 Å². The Morgan fingerprint density at radius 2 is 0.600 bits per heavy atom. The Bertz CT molecular complexity index is 584. The number of phosphoric acid groups is 1. The van der Waals surface area contributed by atoms with Gasteiger partial charge in [0, 0.05) is 0 Å².